The highest BCUT2D eigenvalue weighted by Gasteiger charge is 2.18. The van der Waals surface area contributed by atoms with Crippen LogP contribution in [0.3, 0.4) is 0 Å². The molecule has 0 saturated heterocycles. The summed E-state index contributed by atoms with van der Waals surface area (Å²) in [6.07, 6.45) is 2.00. The highest BCUT2D eigenvalue weighted by atomic mass is 32.2. The lowest BCUT2D eigenvalue weighted by Gasteiger charge is -2.10. The number of aryl methyl sites for hydroxylation is 1. The highest BCUT2D eigenvalue weighted by Crippen LogP contribution is 2.23. The van der Waals surface area contributed by atoms with Crippen LogP contribution in [0.1, 0.15) is 48.4 Å². The van der Waals surface area contributed by atoms with Crippen LogP contribution < -0.4 is 4.72 Å². The van der Waals surface area contributed by atoms with Crippen LogP contribution in [-0.2, 0) is 23.0 Å². The van der Waals surface area contributed by atoms with Crippen LogP contribution in [0, 0.1) is 0 Å². The predicted octanol–water partition coefficient (Wildman–Crippen LogP) is 5.17. The Morgan fingerprint density at radius 1 is 0.941 bits per heavy atom. The molecule has 176 valence electrons. The maximum atomic E-state index is 12.5. The molecular weight excluding hydrogens is 446 g/mol. The lowest BCUT2D eigenvalue weighted by atomic mass is 10.0. The maximum Gasteiger partial charge on any atom is 0.264 e. The normalized spacial score (nSPS) is 11.6. The zero-order valence-electron chi connectivity index (χ0n) is 19.5. The summed E-state index contributed by atoms with van der Waals surface area (Å²) in [4.78, 5) is 17.3. The number of imidazole rings is 1. The van der Waals surface area contributed by atoms with Crippen LogP contribution in [0.4, 0.5) is 0 Å². The SMILES string of the molecule is CCCCS(=O)(=O)NC(=O)c1ccc2c(c1)nc(CC)n2Cc1ccc(-c2ccccc2)cc1. The monoisotopic (exact) mass is 475 g/mol. The van der Waals surface area contributed by atoms with Gasteiger partial charge in [-0.15, -0.1) is 0 Å². The van der Waals surface area contributed by atoms with Crippen molar-refractivity contribution in [3.63, 3.8) is 0 Å². The summed E-state index contributed by atoms with van der Waals surface area (Å²) in [6, 6.07) is 23.9. The molecule has 7 heteroatoms. The van der Waals surface area contributed by atoms with Crippen LogP contribution in [-0.4, -0.2) is 29.6 Å². The van der Waals surface area contributed by atoms with Gasteiger partial charge in [-0.3, -0.25) is 4.79 Å². The minimum atomic E-state index is -3.64. The number of benzene rings is 3. The van der Waals surface area contributed by atoms with E-state index in [-0.39, 0.29) is 11.3 Å². The molecule has 3 aromatic carbocycles. The van der Waals surface area contributed by atoms with Gasteiger partial charge >= 0.3 is 0 Å². The molecule has 0 aliphatic heterocycles. The standard InChI is InChI=1S/C27H29N3O3S/c1-3-5-17-34(32,33)29-27(31)23-15-16-25-24(18-23)28-26(4-2)30(25)19-20-11-13-22(14-12-20)21-9-7-6-8-10-21/h6-16,18H,3-5,17,19H2,1-2H3,(H,29,31). The number of carbonyl (C=O) groups is 1. The summed E-state index contributed by atoms with van der Waals surface area (Å²) in [5.74, 6) is 0.229. The maximum absolute atomic E-state index is 12.5. The van der Waals surface area contributed by atoms with E-state index in [1.807, 2.05) is 38.1 Å². The van der Waals surface area contributed by atoms with E-state index in [0.717, 1.165) is 29.7 Å². The third kappa shape index (κ3) is 5.37. The third-order valence-corrected chi connectivity index (χ3v) is 7.14. The van der Waals surface area contributed by atoms with Crippen molar-refractivity contribution in [2.75, 3.05) is 5.75 Å². The van der Waals surface area contributed by atoms with E-state index in [1.165, 1.54) is 11.1 Å². The average Bonchev–Trinajstić information content (AvgIpc) is 3.20. The molecule has 0 saturated carbocycles. The molecule has 1 N–H and O–H groups in total. The van der Waals surface area contributed by atoms with E-state index in [9.17, 15) is 13.2 Å². The molecule has 0 bridgehead atoms. The van der Waals surface area contributed by atoms with Gasteiger partial charge in [0.15, 0.2) is 0 Å². The minimum Gasteiger partial charge on any atom is -0.323 e. The Kier molecular flexibility index (Phi) is 7.12. The molecule has 0 aliphatic rings. The third-order valence-electron chi connectivity index (χ3n) is 5.82. The summed E-state index contributed by atoms with van der Waals surface area (Å²) >= 11 is 0. The molecule has 1 aromatic heterocycles. The molecule has 0 aliphatic carbocycles. The van der Waals surface area contributed by atoms with E-state index in [0.29, 0.717) is 18.5 Å². The second-order valence-electron chi connectivity index (χ2n) is 8.34. The zero-order chi connectivity index (χ0) is 24.1. The lowest BCUT2D eigenvalue weighted by Crippen LogP contribution is -2.32. The van der Waals surface area contributed by atoms with Gasteiger partial charge in [-0.05, 0) is 41.3 Å². The number of aromatic nitrogens is 2. The Morgan fingerprint density at radius 3 is 2.32 bits per heavy atom. The summed E-state index contributed by atoms with van der Waals surface area (Å²) < 4.78 is 28.5. The van der Waals surface area contributed by atoms with Crippen molar-refractivity contribution in [1.29, 1.82) is 0 Å². The summed E-state index contributed by atoms with van der Waals surface area (Å²) in [6.45, 7) is 4.61. The van der Waals surface area contributed by atoms with E-state index >= 15 is 0 Å². The molecule has 34 heavy (non-hydrogen) atoms. The Labute approximate surface area is 200 Å². The molecule has 1 heterocycles. The quantitative estimate of drug-likeness (QED) is 0.362. The molecular formula is C27H29N3O3S. The number of carbonyl (C=O) groups excluding carboxylic acids is 1. The topological polar surface area (TPSA) is 81.1 Å². The van der Waals surface area contributed by atoms with Crippen LogP contribution in [0.5, 0.6) is 0 Å². The Bertz CT molecular complexity index is 1390. The predicted molar refractivity (Wildman–Crippen MR) is 136 cm³/mol. The van der Waals surface area contributed by atoms with Crippen molar-refractivity contribution < 1.29 is 13.2 Å². The second kappa shape index (κ2) is 10.2. The van der Waals surface area contributed by atoms with Crippen LogP contribution in [0.15, 0.2) is 72.8 Å². The van der Waals surface area contributed by atoms with Gasteiger partial charge in [0, 0.05) is 18.5 Å². The number of amides is 1. The van der Waals surface area contributed by atoms with Crippen molar-refractivity contribution in [3.8, 4) is 11.1 Å². The van der Waals surface area contributed by atoms with Crippen LogP contribution >= 0.6 is 0 Å². The van der Waals surface area contributed by atoms with Gasteiger partial charge in [0.1, 0.15) is 5.82 Å². The summed E-state index contributed by atoms with van der Waals surface area (Å²) in [5, 5.41) is 0. The van der Waals surface area contributed by atoms with Crippen molar-refractivity contribution in [3.05, 3.63) is 89.7 Å². The zero-order valence-corrected chi connectivity index (χ0v) is 20.3. The molecule has 0 radical (unpaired) electrons. The number of nitrogens with one attached hydrogen (secondary N) is 1. The summed E-state index contributed by atoms with van der Waals surface area (Å²) in [7, 11) is -3.64. The Morgan fingerprint density at radius 2 is 1.65 bits per heavy atom. The van der Waals surface area contributed by atoms with Crippen LogP contribution in [0.2, 0.25) is 0 Å². The number of hydrogen-bond acceptors (Lipinski definition) is 4. The Balaban J connectivity index is 1.57. The molecule has 0 unspecified atom stereocenters. The second-order valence-corrected chi connectivity index (χ2v) is 10.2. The molecule has 1 amide bonds. The first-order valence-corrected chi connectivity index (χ1v) is 13.2. The molecule has 6 nitrogen and oxygen atoms in total. The van der Waals surface area contributed by atoms with Gasteiger partial charge in [0.05, 0.1) is 16.8 Å². The molecule has 0 fully saturated rings. The molecule has 0 atom stereocenters. The van der Waals surface area contributed by atoms with Gasteiger partial charge in [0.2, 0.25) is 10.0 Å². The van der Waals surface area contributed by atoms with Gasteiger partial charge < -0.3 is 4.57 Å². The van der Waals surface area contributed by atoms with Gasteiger partial charge in [0.25, 0.3) is 5.91 Å². The number of fused-ring (bicyclic) bond motifs is 1. The first-order valence-electron chi connectivity index (χ1n) is 11.6. The molecule has 0 spiro atoms. The minimum absolute atomic E-state index is 0.0604. The van der Waals surface area contributed by atoms with Crippen molar-refractivity contribution in [1.82, 2.24) is 14.3 Å². The van der Waals surface area contributed by atoms with E-state index < -0.39 is 15.9 Å². The average molecular weight is 476 g/mol. The lowest BCUT2D eigenvalue weighted by molar-refractivity contribution is 0.0981. The largest absolute Gasteiger partial charge is 0.323 e. The first-order chi connectivity index (χ1) is 16.4. The van der Waals surface area contributed by atoms with Crippen molar-refractivity contribution in [2.24, 2.45) is 0 Å². The fourth-order valence-electron chi connectivity index (χ4n) is 3.97. The molecule has 4 rings (SSSR count). The van der Waals surface area contributed by atoms with E-state index in [1.54, 1.807) is 12.1 Å². The first kappa shape index (κ1) is 23.7. The summed E-state index contributed by atoms with van der Waals surface area (Å²) in [5.41, 5.74) is 5.37. The van der Waals surface area contributed by atoms with Crippen LogP contribution in [0.25, 0.3) is 22.2 Å². The van der Waals surface area contributed by atoms with Gasteiger partial charge in [-0.2, -0.15) is 0 Å². The highest BCUT2D eigenvalue weighted by molar-refractivity contribution is 7.90. The number of sulfonamides is 1. The number of nitrogens with zero attached hydrogens (tertiary/aromatic N) is 2. The fraction of sp³-hybridized carbons (Fsp3) is 0.259. The van der Waals surface area contributed by atoms with E-state index in [4.69, 9.17) is 4.98 Å². The Hall–Kier alpha value is -3.45. The van der Waals surface area contributed by atoms with Gasteiger partial charge in [-0.25, -0.2) is 18.1 Å². The number of hydrogen-bond donors (Lipinski definition) is 1. The van der Waals surface area contributed by atoms with Crippen molar-refractivity contribution >= 4 is 27.0 Å². The molecule has 4 aromatic rings. The smallest absolute Gasteiger partial charge is 0.264 e. The fourth-order valence-corrected chi connectivity index (χ4v) is 5.14. The number of rotatable bonds is 9. The number of unbranched alkanes of at least 4 members (excludes halogenated alkanes) is 1. The van der Waals surface area contributed by atoms with E-state index in [2.05, 4.69) is 45.7 Å². The van der Waals surface area contributed by atoms with Crippen molar-refractivity contribution in [2.45, 2.75) is 39.7 Å². The van der Waals surface area contributed by atoms with Gasteiger partial charge in [-0.1, -0.05) is 74.9 Å².